The third kappa shape index (κ3) is 1.95. The molecule has 17 heavy (non-hydrogen) atoms. The smallest absolute Gasteiger partial charge is 0.227 e. The number of alkyl halides is 1. The summed E-state index contributed by atoms with van der Waals surface area (Å²) in [6.07, 6.45) is 3.19. The number of fused-ring (bicyclic) bond motifs is 1. The maximum Gasteiger partial charge on any atom is 0.227 e. The van der Waals surface area contributed by atoms with E-state index in [2.05, 4.69) is 17.4 Å². The molecule has 3 rings (SSSR count). The van der Waals surface area contributed by atoms with E-state index in [-0.39, 0.29) is 17.2 Å². The molecule has 2 nitrogen and oxygen atoms in total. The molecule has 0 spiro atoms. The Morgan fingerprint density at radius 2 is 2.18 bits per heavy atom. The van der Waals surface area contributed by atoms with Gasteiger partial charge in [0.05, 0.1) is 5.92 Å². The number of hydrogen-bond donors (Lipinski definition) is 1. The van der Waals surface area contributed by atoms with Crippen molar-refractivity contribution in [3.05, 3.63) is 35.4 Å². The van der Waals surface area contributed by atoms with E-state index in [1.807, 2.05) is 12.1 Å². The summed E-state index contributed by atoms with van der Waals surface area (Å²) >= 11 is 5.90. The second-order valence-electron chi connectivity index (χ2n) is 5.31. The molecular formula is C14H16ClNO. The molecule has 1 fully saturated rings. The molecule has 3 heteroatoms. The average Bonchev–Trinajstić information content (AvgIpc) is 3.09. The Bertz CT molecular complexity index is 453. The molecule has 0 saturated heterocycles. The number of carbonyl (C=O) groups is 1. The lowest BCUT2D eigenvalue weighted by Crippen LogP contribution is -2.38. The summed E-state index contributed by atoms with van der Waals surface area (Å²) in [4.78, 5) is 12.0. The van der Waals surface area contributed by atoms with Gasteiger partial charge in [-0.2, -0.15) is 0 Å². The Kier molecular flexibility index (Phi) is 2.62. The van der Waals surface area contributed by atoms with Crippen LogP contribution in [0.25, 0.3) is 0 Å². The average molecular weight is 250 g/mol. The normalized spacial score (nSPS) is 23.5. The Hall–Kier alpha value is -1.02. The minimum atomic E-state index is 0.0670. The van der Waals surface area contributed by atoms with Gasteiger partial charge in [0.1, 0.15) is 0 Å². The summed E-state index contributed by atoms with van der Waals surface area (Å²) in [6.45, 7) is 0.744. The molecule has 2 aliphatic rings. The van der Waals surface area contributed by atoms with E-state index in [4.69, 9.17) is 11.6 Å². The number of benzene rings is 1. The van der Waals surface area contributed by atoms with E-state index in [1.165, 1.54) is 11.1 Å². The molecular weight excluding hydrogens is 234 g/mol. The molecule has 1 aromatic carbocycles. The van der Waals surface area contributed by atoms with Crippen molar-refractivity contribution in [2.45, 2.75) is 25.2 Å². The van der Waals surface area contributed by atoms with E-state index >= 15 is 0 Å². The van der Waals surface area contributed by atoms with Crippen LogP contribution in [0.15, 0.2) is 24.3 Å². The predicted molar refractivity (Wildman–Crippen MR) is 68.3 cm³/mol. The second-order valence-corrected chi connectivity index (χ2v) is 5.57. The fourth-order valence-electron chi connectivity index (χ4n) is 2.42. The van der Waals surface area contributed by atoms with Crippen molar-refractivity contribution < 1.29 is 4.79 Å². The fourth-order valence-corrected chi connectivity index (χ4v) is 2.79. The number of carbonyl (C=O) groups excluding carboxylic acids is 1. The molecule has 1 aromatic rings. The van der Waals surface area contributed by atoms with Crippen molar-refractivity contribution in [1.82, 2.24) is 5.32 Å². The molecule has 1 N–H and O–H groups in total. The van der Waals surface area contributed by atoms with Crippen molar-refractivity contribution >= 4 is 17.5 Å². The molecule has 0 radical (unpaired) electrons. The first-order valence-electron chi connectivity index (χ1n) is 6.16. The van der Waals surface area contributed by atoms with E-state index in [1.54, 1.807) is 0 Å². The van der Waals surface area contributed by atoms with E-state index < -0.39 is 0 Å². The van der Waals surface area contributed by atoms with Crippen molar-refractivity contribution in [2.75, 3.05) is 12.4 Å². The Balaban J connectivity index is 1.58. The zero-order chi connectivity index (χ0) is 11.9. The molecule has 0 heterocycles. The van der Waals surface area contributed by atoms with Crippen LogP contribution in [0.1, 0.15) is 29.9 Å². The summed E-state index contributed by atoms with van der Waals surface area (Å²) < 4.78 is 0. The van der Waals surface area contributed by atoms with Gasteiger partial charge in [0.15, 0.2) is 0 Å². The molecule has 1 saturated carbocycles. The third-order valence-electron chi connectivity index (χ3n) is 4.05. The van der Waals surface area contributed by atoms with Crippen LogP contribution in [0.2, 0.25) is 0 Å². The highest BCUT2D eigenvalue weighted by Crippen LogP contribution is 2.46. The highest BCUT2D eigenvalue weighted by molar-refractivity contribution is 6.18. The van der Waals surface area contributed by atoms with Crippen LogP contribution in [-0.2, 0) is 11.2 Å². The van der Waals surface area contributed by atoms with E-state index in [0.717, 1.165) is 25.8 Å². The van der Waals surface area contributed by atoms with Gasteiger partial charge in [-0.3, -0.25) is 4.79 Å². The largest absolute Gasteiger partial charge is 0.355 e. The van der Waals surface area contributed by atoms with Crippen LogP contribution in [0.3, 0.4) is 0 Å². The van der Waals surface area contributed by atoms with Crippen molar-refractivity contribution in [1.29, 1.82) is 0 Å². The van der Waals surface area contributed by atoms with E-state index in [9.17, 15) is 4.79 Å². The minimum absolute atomic E-state index is 0.0670. The first-order chi connectivity index (χ1) is 8.24. The third-order valence-corrected chi connectivity index (χ3v) is 4.62. The second kappa shape index (κ2) is 4.02. The molecule has 90 valence electrons. The fraction of sp³-hybridized carbons (Fsp3) is 0.500. The summed E-state index contributed by atoms with van der Waals surface area (Å²) in [5, 5.41) is 3.06. The van der Waals surface area contributed by atoms with Crippen molar-refractivity contribution in [3.8, 4) is 0 Å². The van der Waals surface area contributed by atoms with Crippen LogP contribution >= 0.6 is 11.6 Å². The van der Waals surface area contributed by atoms with Crippen molar-refractivity contribution in [2.24, 2.45) is 5.41 Å². The first kappa shape index (κ1) is 11.1. The van der Waals surface area contributed by atoms with Gasteiger partial charge in [-0.05, 0) is 30.4 Å². The van der Waals surface area contributed by atoms with E-state index in [0.29, 0.717) is 5.88 Å². The molecule has 1 atom stereocenters. The first-order valence-corrected chi connectivity index (χ1v) is 6.69. The monoisotopic (exact) mass is 249 g/mol. The number of rotatable bonds is 4. The molecule has 2 aliphatic carbocycles. The number of amides is 1. The molecule has 0 aliphatic heterocycles. The summed E-state index contributed by atoms with van der Waals surface area (Å²) in [6, 6.07) is 8.18. The van der Waals surface area contributed by atoms with Crippen molar-refractivity contribution in [3.63, 3.8) is 0 Å². The van der Waals surface area contributed by atoms with Gasteiger partial charge in [0.2, 0.25) is 5.91 Å². The summed E-state index contributed by atoms with van der Waals surface area (Å²) in [5.41, 5.74) is 2.72. The summed E-state index contributed by atoms with van der Waals surface area (Å²) in [5.74, 6) is 0.895. The standard InChI is InChI=1S/C14H16ClNO/c15-8-14(5-6-14)9-16-13(17)12-7-10-3-1-2-4-11(10)12/h1-4,12H,5-9H2,(H,16,17). The van der Waals surface area contributed by atoms with Crippen LogP contribution in [-0.4, -0.2) is 18.3 Å². The number of nitrogens with one attached hydrogen (secondary N) is 1. The van der Waals surface area contributed by atoms with Crippen LogP contribution < -0.4 is 5.32 Å². The van der Waals surface area contributed by atoms with Gasteiger partial charge in [0, 0.05) is 17.8 Å². The topological polar surface area (TPSA) is 29.1 Å². The van der Waals surface area contributed by atoms with Crippen LogP contribution in [0.4, 0.5) is 0 Å². The van der Waals surface area contributed by atoms with Crippen LogP contribution in [0.5, 0.6) is 0 Å². The lowest BCUT2D eigenvalue weighted by molar-refractivity contribution is -0.123. The Morgan fingerprint density at radius 3 is 2.82 bits per heavy atom. The van der Waals surface area contributed by atoms with Gasteiger partial charge in [0.25, 0.3) is 0 Å². The summed E-state index contributed by atoms with van der Waals surface area (Å²) in [7, 11) is 0. The molecule has 1 amide bonds. The van der Waals surface area contributed by atoms with Gasteiger partial charge >= 0.3 is 0 Å². The Morgan fingerprint density at radius 1 is 1.41 bits per heavy atom. The lowest BCUT2D eigenvalue weighted by atomic mass is 9.77. The quantitative estimate of drug-likeness (QED) is 0.816. The van der Waals surface area contributed by atoms with Gasteiger partial charge in [-0.25, -0.2) is 0 Å². The van der Waals surface area contributed by atoms with Crippen LogP contribution in [0, 0.1) is 5.41 Å². The SMILES string of the molecule is O=C(NCC1(CCl)CC1)C1Cc2ccccc21. The number of hydrogen-bond acceptors (Lipinski definition) is 1. The molecule has 0 aromatic heterocycles. The lowest BCUT2D eigenvalue weighted by Gasteiger charge is -2.29. The van der Waals surface area contributed by atoms with Gasteiger partial charge in [-0.1, -0.05) is 24.3 Å². The van der Waals surface area contributed by atoms with Gasteiger partial charge in [-0.15, -0.1) is 11.6 Å². The zero-order valence-electron chi connectivity index (χ0n) is 9.71. The molecule has 0 bridgehead atoms. The number of halogens is 1. The maximum absolute atomic E-state index is 12.0. The maximum atomic E-state index is 12.0. The van der Waals surface area contributed by atoms with Gasteiger partial charge < -0.3 is 5.32 Å². The minimum Gasteiger partial charge on any atom is -0.355 e. The highest BCUT2D eigenvalue weighted by Gasteiger charge is 2.42. The predicted octanol–water partition coefficient (Wildman–Crippen LogP) is 2.46. The zero-order valence-corrected chi connectivity index (χ0v) is 10.5. The molecule has 1 unspecified atom stereocenters. The highest BCUT2D eigenvalue weighted by atomic mass is 35.5. The Labute approximate surface area is 106 Å².